The van der Waals surface area contributed by atoms with E-state index in [1.54, 1.807) is 11.8 Å². The summed E-state index contributed by atoms with van der Waals surface area (Å²) in [6, 6.07) is 11.9. The number of nitrogens with one attached hydrogen (secondary N) is 1. The number of hydrogen-bond donors (Lipinski definition) is 1. The molecule has 0 saturated carbocycles. The van der Waals surface area contributed by atoms with Gasteiger partial charge in [0.2, 0.25) is 5.91 Å². The van der Waals surface area contributed by atoms with Crippen LogP contribution in [0.5, 0.6) is 0 Å². The van der Waals surface area contributed by atoms with Crippen LogP contribution in [-0.2, 0) is 11.2 Å². The molecular weight excluding hydrogens is 330 g/mol. The van der Waals surface area contributed by atoms with E-state index in [-0.39, 0.29) is 18.3 Å². The van der Waals surface area contributed by atoms with Crippen LogP contribution in [0.25, 0.3) is 10.8 Å². The Balaban J connectivity index is 1.59. The Morgan fingerprint density at radius 3 is 2.78 bits per heavy atom. The van der Waals surface area contributed by atoms with Gasteiger partial charge in [0.15, 0.2) is 0 Å². The van der Waals surface area contributed by atoms with E-state index in [2.05, 4.69) is 22.4 Å². The summed E-state index contributed by atoms with van der Waals surface area (Å²) in [5.74, 6) is 1.27. The van der Waals surface area contributed by atoms with E-state index in [4.69, 9.17) is 4.42 Å². The number of carbonyl (C=O) groups is 1. The zero-order valence-corrected chi connectivity index (χ0v) is 14.1. The number of carbonyl (C=O) groups excluding carboxylic acids is 1. The first-order valence-electron chi connectivity index (χ1n) is 7.13. The summed E-state index contributed by atoms with van der Waals surface area (Å²) in [7, 11) is 0. The molecule has 0 aliphatic carbocycles. The fraction of sp³-hybridized carbons (Fsp3) is 0.188. The second-order valence-electron chi connectivity index (χ2n) is 4.69. The van der Waals surface area contributed by atoms with E-state index in [9.17, 15) is 4.79 Å². The predicted molar refractivity (Wildman–Crippen MR) is 92.8 cm³/mol. The Morgan fingerprint density at radius 1 is 1.26 bits per heavy atom. The van der Waals surface area contributed by atoms with Crippen LogP contribution in [0.1, 0.15) is 12.5 Å². The molecule has 118 valence electrons. The lowest BCUT2D eigenvalue weighted by Crippen LogP contribution is -2.14. The lowest BCUT2D eigenvalue weighted by Gasteiger charge is -2.03. The molecule has 7 heteroatoms. The summed E-state index contributed by atoms with van der Waals surface area (Å²) in [6.07, 6.45) is 0.272. The molecule has 3 rings (SSSR count). The molecule has 0 unspecified atom stereocenters. The Kier molecular flexibility index (Phi) is 5.09. The van der Waals surface area contributed by atoms with E-state index < -0.39 is 0 Å². The summed E-state index contributed by atoms with van der Waals surface area (Å²) in [5, 5.41) is 12.3. The molecule has 3 aromatic rings. The summed E-state index contributed by atoms with van der Waals surface area (Å²) in [5.41, 5.74) is 0.945. The smallest absolute Gasteiger partial charge is 0.322 e. The molecule has 1 aromatic carbocycles. The zero-order chi connectivity index (χ0) is 16.1. The number of anilines is 1. The third-order valence-corrected chi connectivity index (χ3v) is 4.75. The van der Waals surface area contributed by atoms with E-state index in [0.717, 1.165) is 16.2 Å². The molecule has 0 atom stereocenters. The van der Waals surface area contributed by atoms with Gasteiger partial charge in [0.05, 0.1) is 11.3 Å². The Bertz CT molecular complexity index is 767. The summed E-state index contributed by atoms with van der Waals surface area (Å²) in [6.45, 7) is 2.11. The number of benzene rings is 1. The highest BCUT2D eigenvalue weighted by Gasteiger charge is 2.12. The van der Waals surface area contributed by atoms with Crippen molar-refractivity contribution in [1.29, 1.82) is 0 Å². The second-order valence-corrected chi connectivity index (χ2v) is 6.98. The molecule has 0 saturated heterocycles. The molecule has 2 aromatic heterocycles. The Morgan fingerprint density at radius 2 is 2.09 bits per heavy atom. The van der Waals surface area contributed by atoms with Crippen LogP contribution in [-0.4, -0.2) is 21.9 Å². The van der Waals surface area contributed by atoms with Crippen molar-refractivity contribution in [2.45, 2.75) is 18.2 Å². The lowest BCUT2D eigenvalue weighted by atomic mass is 10.1. The maximum Gasteiger partial charge on any atom is 0.322 e. The molecule has 0 fully saturated rings. The number of rotatable bonds is 6. The SMILES string of the molecule is CCSc1ccc(CC(=O)Nc2nnc(-c3cccs3)o2)cc1. The van der Waals surface area contributed by atoms with Gasteiger partial charge < -0.3 is 4.42 Å². The standard InChI is InChI=1S/C16H15N3O2S2/c1-2-22-12-7-5-11(6-8-12)10-14(20)17-16-19-18-15(21-16)13-4-3-9-23-13/h3-9H,2,10H2,1H3,(H,17,19,20). The maximum absolute atomic E-state index is 12.0. The first kappa shape index (κ1) is 15.8. The zero-order valence-electron chi connectivity index (χ0n) is 12.5. The van der Waals surface area contributed by atoms with Crippen LogP contribution in [0.15, 0.2) is 51.1 Å². The van der Waals surface area contributed by atoms with Gasteiger partial charge in [-0.05, 0) is 34.9 Å². The molecule has 0 spiro atoms. The summed E-state index contributed by atoms with van der Waals surface area (Å²) < 4.78 is 5.44. The third-order valence-electron chi connectivity index (χ3n) is 3.00. The Labute approximate surface area is 142 Å². The van der Waals surface area contributed by atoms with Crippen LogP contribution in [0.3, 0.4) is 0 Å². The van der Waals surface area contributed by atoms with Gasteiger partial charge >= 0.3 is 6.01 Å². The fourth-order valence-electron chi connectivity index (χ4n) is 1.99. The normalized spacial score (nSPS) is 10.7. The van der Waals surface area contributed by atoms with Crippen LogP contribution < -0.4 is 5.32 Å². The van der Waals surface area contributed by atoms with Crippen LogP contribution in [0.4, 0.5) is 6.01 Å². The van der Waals surface area contributed by atoms with E-state index in [0.29, 0.717) is 5.89 Å². The largest absolute Gasteiger partial charge is 0.402 e. The molecule has 23 heavy (non-hydrogen) atoms. The van der Waals surface area contributed by atoms with Crippen LogP contribution in [0.2, 0.25) is 0 Å². The monoisotopic (exact) mass is 345 g/mol. The summed E-state index contributed by atoms with van der Waals surface area (Å²) in [4.78, 5) is 14.1. The van der Waals surface area contributed by atoms with Gasteiger partial charge in [0.25, 0.3) is 5.89 Å². The average Bonchev–Trinajstić information content (AvgIpc) is 3.20. The average molecular weight is 345 g/mol. The van der Waals surface area contributed by atoms with E-state index in [1.807, 2.05) is 41.8 Å². The topological polar surface area (TPSA) is 68.0 Å². The minimum absolute atomic E-state index is 0.122. The van der Waals surface area contributed by atoms with Gasteiger partial charge in [-0.1, -0.05) is 30.2 Å². The highest BCUT2D eigenvalue weighted by atomic mass is 32.2. The highest BCUT2D eigenvalue weighted by Crippen LogP contribution is 2.24. The van der Waals surface area contributed by atoms with Gasteiger partial charge in [-0.2, -0.15) is 0 Å². The Hall–Kier alpha value is -2.12. The lowest BCUT2D eigenvalue weighted by molar-refractivity contribution is -0.115. The first-order chi connectivity index (χ1) is 11.2. The highest BCUT2D eigenvalue weighted by molar-refractivity contribution is 7.99. The van der Waals surface area contributed by atoms with Crippen molar-refractivity contribution in [3.8, 4) is 10.8 Å². The minimum Gasteiger partial charge on any atom is -0.402 e. The summed E-state index contributed by atoms with van der Waals surface area (Å²) >= 11 is 3.28. The first-order valence-corrected chi connectivity index (χ1v) is 9.00. The number of aromatic nitrogens is 2. The number of amides is 1. The number of thiophene rings is 1. The van der Waals surface area contributed by atoms with Crippen molar-refractivity contribution in [3.05, 3.63) is 47.3 Å². The second kappa shape index (κ2) is 7.43. The van der Waals surface area contributed by atoms with Gasteiger partial charge in [-0.25, -0.2) is 0 Å². The quantitative estimate of drug-likeness (QED) is 0.682. The van der Waals surface area contributed by atoms with Crippen molar-refractivity contribution in [2.75, 3.05) is 11.1 Å². The van der Waals surface area contributed by atoms with Crippen molar-refractivity contribution in [2.24, 2.45) is 0 Å². The van der Waals surface area contributed by atoms with Gasteiger partial charge in [0.1, 0.15) is 0 Å². The van der Waals surface area contributed by atoms with Crippen LogP contribution in [0, 0.1) is 0 Å². The van der Waals surface area contributed by atoms with Crippen molar-refractivity contribution < 1.29 is 9.21 Å². The van der Waals surface area contributed by atoms with Gasteiger partial charge in [-0.3, -0.25) is 10.1 Å². The molecule has 0 aliphatic heterocycles. The minimum atomic E-state index is -0.178. The molecule has 5 nitrogen and oxygen atoms in total. The number of hydrogen-bond acceptors (Lipinski definition) is 6. The molecule has 1 amide bonds. The van der Waals surface area contributed by atoms with Gasteiger partial charge in [0, 0.05) is 4.90 Å². The fourth-order valence-corrected chi connectivity index (χ4v) is 3.30. The molecule has 0 radical (unpaired) electrons. The van der Waals surface area contributed by atoms with Crippen LogP contribution >= 0.6 is 23.1 Å². The van der Waals surface area contributed by atoms with Gasteiger partial charge in [-0.15, -0.1) is 28.2 Å². The molecule has 0 aliphatic rings. The molecule has 2 heterocycles. The molecule has 1 N–H and O–H groups in total. The molecule has 0 bridgehead atoms. The van der Waals surface area contributed by atoms with E-state index >= 15 is 0 Å². The number of nitrogens with zero attached hydrogens (tertiary/aromatic N) is 2. The van der Waals surface area contributed by atoms with E-state index in [1.165, 1.54) is 16.2 Å². The number of thioether (sulfide) groups is 1. The molecular formula is C16H15N3O2S2. The third kappa shape index (κ3) is 4.20. The van der Waals surface area contributed by atoms with Crippen molar-refractivity contribution in [3.63, 3.8) is 0 Å². The van der Waals surface area contributed by atoms with Crippen molar-refractivity contribution in [1.82, 2.24) is 10.2 Å². The predicted octanol–water partition coefficient (Wildman–Crippen LogP) is 4.09. The maximum atomic E-state index is 12.0. The van der Waals surface area contributed by atoms with Crippen molar-refractivity contribution >= 4 is 35.0 Å².